The zero-order chi connectivity index (χ0) is 13.5. The molecule has 1 heterocycles. The van der Waals surface area contributed by atoms with E-state index in [4.69, 9.17) is 0 Å². The summed E-state index contributed by atoms with van der Waals surface area (Å²) in [6, 6.07) is 12.3. The van der Waals surface area contributed by atoms with Crippen LogP contribution in [0.4, 0.5) is 0 Å². The summed E-state index contributed by atoms with van der Waals surface area (Å²) in [5.74, 6) is 1.54. The number of nitrogens with one attached hydrogen (secondary N) is 1. The standard InChI is InChI=1S/C16H21N3/c1-13(2)11-17-12-15-8-9-18-16(19-15)10-14-6-4-3-5-7-14/h3-9,13,17H,10-12H2,1-2H3. The van der Waals surface area contributed by atoms with Crippen LogP contribution in [0.5, 0.6) is 0 Å². The molecule has 1 aromatic carbocycles. The van der Waals surface area contributed by atoms with Gasteiger partial charge in [-0.15, -0.1) is 0 Å². The average molecular weight is 255 g/mol. The van der Waals surface area contributed by atoms with Gasteiger partial charge in [0, 0.05) is 19.2 Å². The maximum Gasteiger partial charge on any atom is 0.132 e. The maximum absolute atomic E-state index is 4.59. The van der Waals surface area contributed by atoms with Crippen molar-refractivity contribution in [2.24, 2.45) is 5.92 Å². The van der Waals surface area contributed by atoms with Crippen molar-refractivity contribution in [3.63, 3.8) is 0 Å². The van der Waals surface area contributed by atoms with Crippen molar-refractivity contribution in [1.82, 2.24) is 15.3 Å². The van der Waals surface area contributed by atoms with Crippen LogP contribution in [0.3, 0.4) is 0 Å². The lowest BCUT2D eigenvalue weighted by atomic mass is 10.1. The van der Waals surface area contributed by atoms with Gasteiger partial charge in [0.05, 0.1) is 5.69 Å². The largest absolute Gasteiger partial charge is 0.311 e. The Morgan fingerprint density at radius 1 is 1.11 bits per heavy atom. The number of aromatic nitrogens is 2. The summed E-state index contributed by atoms with van der Waals surface area (Å²) in [6.45, 7) is 6.22. The Kier molecular flexibility index (Phi) is 5.04. The molecule has 0 amide bonds. The lowest BCUT2D eigenvalue weighted by Gasteiger charge is -2.07. The van der Waals surface area contributed by atoms with E-state index in [1.54, 1.807) is 0 Å². The predicted molar refractivity (Wildman–Crippen MR) is 77.8 cm³/mol. The minimum absolute atomic E-state index is 0.658. The Morgan fingerprint density at radius 2 is 1.89 bits per heavy atom. The summed E-state index contributed by atoms with van der Waals surface area (Å²) in [5.41, 5.74) is 2.30. The van der Waals surface area contributed by atoms with Crippen LogP contribution in [0.25, 0.3) is 0 Å². The van der Waals surface area contributed by atoms with Crippen molar-refractivity contribution >= 4 is 0 Å². The minimum Gasteiger partial charge on any atom is -0.311 e. The fourth-order valence-electron chi connectivity index (χ4n) is 1.89. The van der Waals surface area contributed by atoms with Crippen LogP contribution in [0.15, 0.2) is 42.6 Å². The Bertz CT molecular complexity index is 494. The minimum atomic E-state index is 0.658. The van der Waals surface area contributed by atoms with Gasteiger partial charge >= 0.3 is 0 Å². The molecule has 1 N–H and O–H groups in total. The van der Waals surface area contributed by atoms with E-state index in [9.17, 15) is 0 Å². The second kappa shape index (κ2) is 7.00. The highest BCUT2D eigenvalue weighted by atomic mass is 14.9. The smallest absolute Gasteiger partial charge is 0.132 e. The molecule has 3 heteroatoms. The first kappa shape index (κ1) is 13.7. The summed E-state index contributed by atoms with van der Waals surface area (Å²) in [7, 11) is 0. The Morgan fingerprint density at radius 3 is 2.63 bits per heavy atom. The molecular weight excluding hydrogens is 234 g/mol. The SMILES string of the molecule is CC(C)CNCc1ccnc(Cc2ccccc2)n1. The van der Waals surface area contributed by atoms with E-state index in [1.807, 2.05) is 30.5 Å². The van der Waals surface area contributed by atoms with Crippen LogP contribution >= 0.6 is 0 Å². The molecule has 0 aliphatic heterocycles. The number of hydrogen-bond acceptors (Lipinski definition) is 3. The molecule has 3 nitrogen and oxygen atoms in total. The fourth-order valence-corrected chi connectivity index (χ4v) is 1.89. The first-order chi connectivity index (χ1) is 9.24. The van der Waals surface area contributed by atoms with Crippen LogP contribution in [0, 0.1) is 5.92 Å². The highest BCUT2D eigenvalue weighted by molar-refractivity contribution is 5.19. The average Bonchev–Trinajstić information content (AvgIpc) is 2.40. The molecule has 0 radical (unpaired) electrons. The second-order valence-corrected chi connectivity index (χ2v) is 5.15. The molecule has 2 rings (SSSR count). The summed E-state index contributed by atoms with van der Waals surface area (Å²) >= 11 is 0. The van der Waals surface area contributed by atoms with Crippen molar-refractivity contribution < 1.29 is 0 Å². The van der Waals surface area contributed by atoms with E-state index in [0.29, 0.717) is 5.92 Å². The van der Waals surface area contributed by atoms with E-state index in [-0.39, 0.29) is 0 Å². The molecule has 0 bridgehead atoms. The molecule has 0 aliphatic rings. The van der Waals surface area contributed by atoms with Crippen LogP contribution in [-0.2, 0) is 13.0 Å². The van der Waals surface area contributed by atoms with E-state index in [1.165, 1.54) is 5.56 Å². The molecule has 0 fully saturated rings. The lowest BCUT2D eigenvalue weighted by molar-refractivity contribution is 0.547. The molecule has 0 atom stereocenters. The summed E-state index contributed by atoms with van der Waals surface area (Å²) in [4.78, 5) is 8.93. The van der Waals surface area contributed by atoms with Crippen LogP contribution in [0.1, 0.15) is 30.9 Å². The normalized spacial score (nSPS) is 10.9. The molecular formula is C16H21N3. The zero-order valence-corrected chi connectivity index (χ0v) is 11.6. The van der Waals surface area contributed by atoms with Crippen molar-refractivity contribution in [2.75, 3.05) is 6.54 Å². The molecule has 2 aromatic rings. The number of rotatable bonds is 6. The molecule has 0 unspecified atom stereocenters. The zero-order valence-electron chi connectivity index (χ0n) is 11.6. The third kappa shape index (κ3) is 4.79. The van der Waals surface area contributed by atoms with Crippen molar-refractivity contribution in [2.45, 2.75) is 26.8 Å². The van der Waals surface area contributed by atoms with Gasteiger partial charge in [0.2, 0.25) is 0 Å². The Hall–Kier alpha value is -1.74. The molecule has 0 saturated heterocycles. The Balaban J connectivity index is 1.95. The third-order valence-corrected chi connectivity index (χ3v) is 2.83. The van der Waals surface area contributed by atoms with Gasteiger partial charge in [-0.05, 0) is 24.1 Å². The van der Waals surface area contributed by atoms with Crippen LogP contribution < -0.4 is 5.32 Å². The molecule has 0 spiro atoms. The van der Waals surface area contributed by atoms with Gasteiger partial charge in [-0.2, -0.15) is 0 Å². The molecule has 0 aliphatic carbocycles. The first-order valence-corrected chi connectivity index (χ1v) is 6.79. The summed E-state index contributed by atoms with van der Waals surface area (Å²) < 4.78 is 0. The second-order valence-electron chi connectivity index (χ2n) is 5.15. The van der Waals surface area contributed by atoms with E-state index >= 15 is 0 Å². The molecule has 19 heavy (non-hydrogen) atoms. The van der Waals surface area contributed by atoms with E-state index < -0.39 is 0 Å². The van der Waals surface area contributed by atoms with Gasteiger partial charge in [-0.25, -0.2) is 9.97 Å². The summed E-state index contributed by atoms with van der Waals surface area (Å²) in [6.07, 6.45) is 2.64. The monoisotopic (exact) mass is 255 g/mol. The number of benzene rings is 1. The van der Waals surface area contributed by atoms with Crippen molar-refractivity contribution in [1.29, 1.82) is 0 Å². The third-order valence-electron chi connectivity index (χ3n) is 2.83. The van der Waals surface area contributed by atoms with Gasteiger partial charge in [-0.3, -0.25) is 0 Å². The van der Waals surface area contributed by atoms with Gasteiger partial charge in [-0.1, -0.05) is 44.2 Å². The molecule has 0 saturated carbocycles. The van der Waals surface area contributed by atoms with Crippen LogP contribution in [0.2, 0.25) is 0 Å². The molecule has 1 aromatic heterocycles. The van der Waals surface area contributed by atoms with Crippen LogP contribution in [-0.4, -0.2) is 16.5 Å². The Labute approximate surface area is 115 Å². The predicted octanol–water partition coefficient (Wildman–Crippen LogP) is 2.81. The van der Waals surface area contributed by atoms with Gasteiger partial charge in [0.15, 0.2) is 0 Å². The first-order valence-electron chi connectivity index (χ1n) is 6.79. The lowest BCUT2D eigenvalue weighted by Crippen LogP contribution is -2.20. The highest BCUT2D eigenvalue weighted by Gasteiger charge is 2.01. The number of nitrogens with zero attached hydrogens (tertiary/aromatic N) is 2. The van der Waals surface area contributed by atoms with E-state index in [2.05, 4.69) is 41.3 Å². The van der Waals surface area contributed by atoms with E-state index in [0.717, 1.165) is 31.0 Å². The number of hydrogen-bond donors (Lipinski definition) is 1. The topological polar surface area (TPSA) is 37.8 Å². The van der Waals surface area contributed by atoms with Gasteiger partial charge < -0.3 is 5.32 Å². The quantitative estimate of drug-likeness (QED) is 0.862. The summed E-state index contributed by atoms with van der Waals surface area (Å²) in [5, 5.41) is 3.40. The fraction of sp³-hybridized carbons (Fsp3) is 0.375. The molecule has 100 valence electrons. The van der Waals surface area contributed by atoms with Crippen molar-refractivity contribution in [3.05, 3.63) is 59.7 Å². The van der Waals surface area contributed by atoms with Gasteiger partial charge in [0.25, 0.3) is 0 Å². The van der Waals surface area contributed by atoms with Gasteiger partial charge in [0.1, 0.15) is 5.82 Å². The maximum atomic E-state index is 4.59. The highest BCUT2D eigenvalue weighted by Crippen LogP contribution is 2.05. The van der Waals surface area contributed by atoms with Crippen molar-refractivity contribution in [3.8, 4) is 0 Å².